The van der Waals surface area contributed by atoms with Gasteiger partial charge in [-0.1, -0.05) is 63.1 Å². The lowest BCUT2D eigenvalue weighted by Gasteiger charge is -2.13. The van der Waals surface area contributed by atoms with Crippen LogP contribution in [0.5, 0.6) is 5.75 Å². The fourth-order valence-electron chi connectivity index (χ4n) is 4.94. The van der Waals surface area contributed by atoms with E-state index in [4.69, 9.17) is 4.74 Å². The summed E-state index contributed by atoms with van der Waals surface area (Å²) in [6, 6.07) is 17.9. The summed E-state index contributed by atoms with van der Waals surface area (Å²) in [4.78, 5) is 18.5. The van der Waals surface area contributed by atoms with E-state index >= 15 is 0 Å². The standard InChI is InChI=1S/C30H33N7O2/c1-4-6-11-24-20-37(28-23(9-5-2)10-7-13-26(28)39-3)30(38)36(24)19-21-14-16-22(17-15-21)27-25(12-8-18-31-27)29-32-34-35-33-29/h7-8,10,12-18,20H,4-6,9,11,19H2,1-3H3,(H,32,33,34,35). The molecule has 0 atom stereocenters. The Balaban J connectivity index is 1.51. The predicted octanol–water partition coefficient (Wildman–Crippen LogP) is 5.23. The van der Waals surface area contributed by atoms with Crippen LogP contribution in [0.2, 0.25) is 0 Å². The maximum atomic E-state index is 13.9. The Morgan fingerprint density at radius 2 is 1.82 bits per heavy atom. The topological polar surface area (TPSA) is 104 Å². The second kappa shape index (κ2) is 11.9. The van der Waals surface area contributed by atoms with Crippen LogP contribution in [0.25, 0.3) is 28.3 Å². The third kappa shape index (κ3) is 5.38. The minimum atomic E-state index is -0.0585. The lowest BCUT2D eigenvalue weighted by Crippen LogP contribution is -2.25. The first kappa shape index (κ1) is 26.1. The van der Waals surface area contributed by atoms with E-state index in [9.17, 15) is 4.79 Å². The fourth-order valence-corrected chi connectivity index (χ4v) is 4.94. The largest absolute Gasteiger partial charge is 0.495 e. The molecule has 1 N–H and O–H groups in total. The molecule has 5 aromatic rings. The molecule has 0 aliphatic rings. The number of aryl methyl sites for hydroxylation is 2. The maximum absolute atomic E-state index is 13.9. The Morgan fingerprint density at radius 3 is 2.54 bits per heavy atom. The van der Waals surface area contributed by atoms with E-state index in [0.717, 1.165) is 71.4 Å². The van der Waals surface area contributed by atoms with Gasteiger partial charge < -0.3 is 4.74 Å². The lowest BCUT2D eigenvalue weighted by atomic mass is 10.0. The summed E-state index contributed by atoms with van der Waals surface area (Å²) in [6.45, 7) is 4.78. The van der Waals surface area contributed by atoms with Gasteiger partial charge in [0, 0.05) is 29.2 Å². The number of hydrogen-bond acceptors (Lipinski definition) is 6. The third-order valence-electron chi connectivity index (χ3n) is 6.89. The van der Waals surface area contributed by atoms with Crippen LogP contribution >= 0.6 is 0 Å². The average Bonchev–Trinajstić information content (AvgIpc) is 3.61. The summed E-state index contributed by atoms with van der Waals surface area (Å²) < 4.78 is 9.35. The van der Waals surface area contributed by atoms with Gasteiger partial charge in [-0.15, -0.1) is 5.10 Å². The Labute approximate surface area is 227 Å². The van der Waals surface area contributed by atoms with Crippen molar-refractivity contribution in [3.8, 4) is 34.1 Å². The number of aromatic amines is 1. The van der Waals surface area contributed by atoms with Crippen molar-refractivity contribution in [1.29, 1.82) is 0 Å². The summed E-state index contributed by atoms with van der Waals surface area (Å²) in [5, 5.41) is 14.2. The molecule has 5 rings (SSSR count). The summed E-state index contributed by atoms with van der Waals surface area (Å²) in [5.41, 5.74) is 6.49. The molecule has 3 aromatic heterocycles. The average molecular weight is 524 g/mol. The predicted molar refractivity (Wildman–Crippen MR) is 151 cm³/mol. The van der Waals surface area contributed by atoms with Crippen molar-refractivity contribution < 1.29 is 4.74 Å². The van der Waals surface area contributed by atoms with Gasteiger partial charge in [0.1, 0.15) is 5.75 Å². The number of ether oxygens (including phenoxy) is 1. The van der Waals surface area contributed by atoms with Crippen molar-refractivity contribution in [3.05, 3.63) is 94.3 Å². The highest BCUT2D eigenvalue weighted by Crippen LogP contribution is 2.29. The van der Waals surface area contributed by atoms with E-state index in [0.29, 0.717) is 18.1 Å². The van der Waals surface area contributed by atoms with Crippen LogP contribution < -0.4 is 10.4 Å². The molecule has 0 radical (unpaired) electrons. The number of nitrogens with zero attached hydrogens (tertiary/aromatic N) is 6. The number of para-hydroxylation sites is 1. The van der Waals surface area contributed by atoms with E-state index in [1.54, 1.807) is 17.9 Å². The summed E-state index contributed by atoms with van der Waals surface area (Å²) in [5.74, 6) is 1.27. The molecule has 200 valence electrons. The van der Waals surface area contributed by atoms with Gasteiger partial charge in [-0.05, 0) is 59.0 Å². The second-order valence-corrected chi connectivity index (χ2v) is 9.53. The zero-order valence-electron chi connectivity index (χ0n) is 22.6. The molecule has 0 saturated heterocycles. The molecular weight excluding hydrogens is 490 g/mol. The maximum Gasteiger partial charge on any atom is 0.333 e. The Bertz CT molecular complexity index is 1580. The van der Waals surface area contributed by atoms with E-state index in [2.05, 4.69) is 45.5 Å². The number of imidazole rings is 1. The molecule has 9 heteroatoms. The number of rotatable bonds is 11. The van der Waals surface area contributed by atoms with Gasteiger partial charge in [-0.3, -0.25) is 14.1 Å². The van der Waals surface area contributed by atoms with E-state index in [1.165, 1.54) is 0 Å². The fraction of sp³-hybridized carbons (Fsp3) is 0.300. The Kier molecular flexibility index (Phi) is 7.96. The minimum Gasteiger partial charge on any atom is -0.495 e. The molecule has 0 spiro atoms. The number of benzene rings is 2. The molecule has 9 nitrogen and oxygen atoms in total. The van der Waals surface area contributed by atoms with Crippen molar-refractivity contribution >= 4 is 0 Å². The zero-order chi connectivity index (χ0) is 27.2. The number of nitrogens with one attached hydrogen (secondary N) is 1. The van der Waals surface area contributed by atoms with Crippen LogP contribution in [-0.4, -0.2) is 41.9 Å². The van der Waals surface area contributed by atoms with Crippen LogP contribution in [0, 0.1) is 0 Å². The van der Waals surface area contributed by atoms with Crippen molar-refractivity contribution in [3.63, 3.8) is 0 Å². The van der Waals surface area contributed by atoms with Gasteiger partial charge in [0.15, 0.2) is 5.82 Å². The molecule has 0 aliphatic carbocycles. The molecule has 0 saturated carbocycles. The molecule has 0 fully saturated rings. The quantitative estimate of drug-likeness (QED) is 0.254. The number of pyridine rings is 1. The summed E-state index contributed by atoms with van der Waals surface area (Å²) in [7, 11) is 1.65. The lowest BCUT2D eigenvalue weighted by molar-refractivity contribution is 0.411. The first-order valence-electron chi connectivity index (χ1n) is 13.4. The normalized spacial score (nSPS) is 11.2. The van der Waals surface area contributed by atoms with E-state index in [1.807, 2.05) is 59.3 Å². The van der Waals surface area contributed by atoms with Gasteiger partial charge >= 0.3 is 5.69 Å². The van der Waals surface area contributed by atoms with Gasteiger partial charge in [-0.25, -0.2) is 9.89 Å². The minimum absolute atomic E-state index is 0.0585. The molecule has 2 aromatic carbocycles. The zero-order valence-corrected chi connectivity index (χ0v) is 22.6. The molecular formula is C30H33N7O2. The Hall–Kier alpha value is -4.53. The van der Waals surface area contributed by atoms with Crippen molar-refractivity contribution in [2.24, 2.45) is 0 Å². The van der Waals surface area contributed by atoms with Gasteiger partial charge in [0.05, 0.1) is 25.0 Å². The van der Waals surface area contributed by atoms with E-state index in [-0.39, 0.29) is 5.69 Å². The Morgan fingerprint density at radius 1 is 0.974 bits per heavy atom. The highest BCUT2D eigenvalue weighted by molar-refractivity contribution is 5.76. The SMILES string of the molecule is CCCCc1cn(-c2c(CCC)cccc2OC)c(=O)n1Cc1ccc(-c2ncccc2-c2nnn[nH]2)cc1. The smallest absolute Gasteiger partial charge is 0.333 e. The van der Waals surface area contributed by atoms with Gasteiger partial charge in [0.25, 0.3) is 0 Å². The molecule has 39 heavy (non-hydrogen) atoms. The summed E-state index contributed by atoms with van der Waals surface area (Å²) >= 11 is 0. The number of tetrazole rings is 1. The van der Waals surface area contributed by atoms with Crippen LogP contribution in [-0.2, 0) is 19.4 Å². The van der Waals surface area contributed by atoms with Crippen LogP contribution in [0.3, 0.4) is 0 Å². The number of methoxy groups -OCH3 is 1. The highest BCUT2D eigenvalue weighted by Gasteiger charge is 2.19. The van der Waals surface area contributed by atoms with E-state index < -0.39 is 0 Å². The molecule has 3 heterocycles. The molecule has 0 amide bonds. The first-order valence-corrected chi connectivity index (χ1v) is 13.4. The second-order valence-electron chi connectivity index (χ2n) is 9.53. The van der Waals surface area contributed by atoms with Crippen molar-refractivity contribution in [1.82, 2.24) is 34.7 Å². The highest BCUT2D eigenvalue weighted by atomic mass is 16.5. The van der Waals surface area contributed by atoms with Crippen molar-refractivity contribution in [2.45, 2.75) is 52.5 Å². The van der Waals surface area contributed by atoms with Gasteiger partial charge in [0.2, 0.25) is 0 Å². The van der Waals surface area contributed by atoms with Crippen LogP contribution in [0.15, 0.2) is 71.8 Å². The number of aromatic nitrogens is 7. The number of hydrogen-bond donors (Lipinski definition) is 1. The molecule has 0 unspecified atom stereocenters. The monoisotopic (exact) mass is 523 g/mol. The third-order valence-corrected chi connectivity index (χ3v) is 6.89. The number of unbranched alkanes of at least 4 members (excludes halogenated alkanes) is 1. The van der Waals surface area contributed by atoms with Crippen LogP contribution in [0.1, 0.15) is 49.9 Å². The summed E-state index contributed by atoms with van der Waals surface area (Å²) in [6.07, 6.45) is 8.49. The number of H-pyrrole nitrogens is 1. The van der Waals surface area contributed by atoms with Crippen molar-refractivity contribution in [2.75, 3.05) is 7.11 Å². The van der Waals surface area contributed by atoms with Crippen LogP contribution in [0.4, 0.5) is 0 Å². The first-order chi connectivity index (χ1) is 19.1. The molecule has 0 bridgehead atoms. The van der Waals surface area contributed by atoms with Gasteiger partial charge in [-0.2, -0.15) is 0 Å². The molecule has 0 aliphatic heterocycles.